The highest BCUT2D eigenvalue weighted by Crippen LogP contribution is 2.26. The van der Waals surface area contributed by atoms with Crippen molar-refractivity contribution in [1.82, 2.24) is 9.97 Å². The van der Waals surface area contributed by atoms with Crippen molar-refractivity contribution in [1.29, 1.82) is 0 Å². The zero-order chi connectivity index (χ0) is 13.9. The molecule has 0 aliphatic heterocycles. The van der Waals surface area contributed by atoms with E-state index in [1.165, 1.54) is 22.8 Å². The van der Waals surface area contributed by atoms with Gasteiger partial charge in [0.05, 0.1) is 10.7 Å². The van der Waals surface area contributed by atoms with Crippen LogP contribution in [0.4, 0.5) is 5.69 Å². The number of nitrogens with zero attached hydrogens (tertiary/aromatic N) is 3. The topological polar surface area (TPSA) is 63.2 Å². The Morgan fingerprint density at radius 3 is 2.37 bits per heavy atom. The molecule has 19 heavy (non-hydrogen) atoms. The minimum Gasteiger partial charge on any atom is -0.266 e. The summed E-state index contributed by atoms with van der Waals surface area (Å²) in [7, 11) is -3.72. The van der Waals surface area contributed by atoms with E-state index in [4.69, 9.17) is 11.6 Å². The standard InChI is InChI=1S/C12H12ClN3O2S/c1-2-16(10-3-6-14-7-4-10)19(17,18)12-9-15-8-5-11(12)13/h3-9H,2H2,1H3. The van der Waals surface area contributed by atoms with E-state index in [1.54, 1.807) is 31.5 Å². The fraction of sp³-hybridized carbons (Fsp3) is 0.167. The lowest BCUT2D eigenvalue weighted by Crippen LogP contribution is -2.31. The van der Waals surface area contributed by atoms with Crippen molar-refractivity contribution in [3.63, 3.8) is 0 Å². The lowest BCUT2D eigenvalue weighted by Gasteiger charge is -2.22. The summed E-state index contributed by atoms with van der Waals surface area (Å²) in [6, 6.07) is 4.71. The Morgan fingerprint density at radius 2 is 1.79 bits per heavy atom. The average molecular weight is 298 g/mol. The molecule has 0 aliphatic carbocycles. The second kappa shape index (κ2) is 5.54. The summed E-state index contributed by atoms with van der Waals surface area (Å²) < 4.78 is 26.4. The predicted molar refractivity (Wildman–Crippen MR) is 73.7 cm³/mol. The van der Waals surface area contributed by atoms with Crippen molar-refractivity contribution in [3.8, 4) is 0 Å². The molecule has 0 unspecified atom stereocenters. The first-order valence-electron chi connectivity index (χ1n) is 5.59. The van der Waals surface area contributed by atoms with Crippen molar-refractivity contribution in [3.05, 3.63) is 48.0 Å². The summed E-state index contributed by atoms with van der Waals surface area (Å²) >= 11 is 5.94. The number of aromatic nitrogens is 2. The van der Waals surface area contributed by atoms with Crippen molar-refractivity contribution in [2.75, 3.05) is 10.8 Å². The number of anilines is 1. The molecule has 2 rings (SSSR count). The van der Waals surface area contributed by atoms with Crippen LogP contribution in [0, 0.1) is 0 Å². The Balaban J connectivity index is 2.52. The van der Waals surface area contributed by atoms with Crippen LogP contribution >= 0.6 is 11.6 Å². The molecule has 2 aromatic rings. The van der Waals surface area contributed by atoms with Crippen molar-refractivity contribution in [2.24, 2.45) is 0 Å². The Labute approximate surface area is 116 Å². The second-order valence-electron chi connectivity index (χ2n) is 3.68. The first kappa shape index (κ1) is 13.8. The third-order valence-corrected chi connectivity index (χ3v) is 4.91. The number of rotatable bonds is 4. The van der Waals surface area contributed by atoms with Gasteiger partial charge in [0.2, 0.25) is 0 Å². The van der Waals surface area contributed by atoms with Crippen LogP contribution in [0.25, 0.3) is 0 Å². The second-order valence-corrected chi connectivity index (χ2v) is 5.92. The maximum atomic E-state index is 12.6. The summed E-state index contributed by atoms with van der Waals surface area (Å²) in [6.07, 6.45) is 5.78. The number of halogens is 1. The largest absolute Gasteiger partial charge is 0.267 e. The van der Waals surface area contributed by atoms with Gasteiger partial charge in [0.1, 0.15) is 4.90 Å². The summed E-state index contributed by atoms with van der Waals surface area (Å²) in [5.41, 5.74) is 0.539. The van der Waals surface area contributed by atoms with Gasteiger partial charge in [-0.25, -0.2) is 8.42 Å². The van der Waals surface area contributed by atoms with Crippen molar-refractivity contribution >= 4 is 27.3 Å². The van der Waals surface area contributed by atoms with Gasteiger partial charge in [0, 0.05) is 31.3 Å². The molecule has 0 N–H and O–H groups in total. The number of hydrogen-bond acceptors (Lipinski definition) is 4. The number of sulfonamides is 1. The highest BCUT2D eigenvalue weighted by molar-refractivity contribution is 7.93. The lowest BCUT2D eigenvalue weighted by atomic mass is 10.4. The Kier molecular flexibility index (Phi) is 4.01. The number of hydrogen-bond donors (Lipinski definition) is 0. The molecule has 0 spiro atoms. The SMILES string of the molecule is CCN(c1ccncc1)S(=O)(=O)c1cnccc1Cl. The van der Waals surface area contributed by atoms with E-state index >= 15 is 0 Å². The zero-order valence-corrected chi connectivity index (χ0v) is 11.8. The molecular formula is C12H12ClN3O2S. The molecule has 5 nitrogen and oxygen atoms in total. The number of pyridine rings is 2. The Bertz CT molecular complexity index is 662. The van der Waals surface area contributed by atoms with E-state index in [0.717, 1.165) is 0 Å². The minimum absolute atomic E-state index is 0.00433. The molecule has 2 aromatic heterocycles. The molecule has 0 bridgehead atoms. The van der Waals surface area contributed by atoms with E-state index in [2.05, 4.69) is 9.97 Å². The van der Waals surface area contributed by atoms with Crippen molar-refractivity contribution < 1.29 is 8.42 Å². The van der Waals surface area contributed by atoms with Crippen LogP contribution in [0.2, 0.25) is 5.02 Å². The van der Waals surface area contributed by atoms with Gasteiger partial charge >= 0.3 is 0 Å². The maximum absolute atomic E-state index is 12.6. The van der Waals surface area contributed by atoms with Gasteiger partial charge in [-0.15, -0.1) is 0 Å². The minimum atomic E-state index is -3.72. The molecular weight excluding hydrogens is 286 g/mol. The quantitative estimate of drug-likeness (QED) is 0.869. The summed E-state index contributed by atoms with van der Waals surface area (Å²) in [6.45, 7) is 2.04. The normalized spacial score (nSPS) is 11.3. The van der Waals surface area contributed by atoms with Gasteiger partial charge in [0.25, 0.3) is 10.0 Å². The summed E-state index contributed by atoms with van der Waals surface area (Å²) in [4.78, 5) is 7.69. The van der Waals surface area contributed by atoms with Crippen LogP contribution in [0.15, 0.2) is 47.9 Å². The molecule has 0 fully saturated rings. The van der Waals surface area contributed by atoms with E-state index in [9.17, 15) is 8.42 Å². The first-order chi connectivity index (χ1) is 9.07. The van der Waals surface area contributed by atoms with E-state index < -0.39 is 10.0 Å². The molecule has 0 aromatic carbocycles. The van der Waals surface area contributed by atoms with E-state index in [1.807, 2.05) is 0 Å². The highest BCUT2D eigenvalue weighted by atomic mass is 35.5. The third-order valence-electron chi connectivity index (χ3n) is 2.54. The molecule has 0 saturated carbocycles. The summed E-state index contributed by atoms with van der Waals surface area (Å²) in [5.74, 6) is 0. The molecule has 0 atom stereocenters. The van der Waals surface area contributed by atoms with Gasteiger partial charge in [-0.05, 0) is 25.1 Å². The van der Waals surface area contributed by atoms with Crippen LogP contribution in [0.3, 0.4) is 0 Å². The van der Waals surface area contributed by atoms with Gasteiger partial charge in [-0.3, -0.25) is 14.3 Å². The molecule has 7 heteroatoms. The fourth-order valence-corrected chi connectivity index (χ4v) is 3.56. The van der Waals surface area contributed by atoms with Crippen LogP contribution in [-0.2, 0) is 10.0 Å². The molecule has 0 aliphatic rings. The first-order valence-corrected chi connectivity index (χ1v) is 7.41. The van der Waals surface area contributed by atoms with Gasteiger partial charge < -0.3 is 0 Å². The summed E-state index contributed by atoms with van der Waals surface area (Å²) in [5, 5.41) is 0.155. The third kappa shape index (κ3) is 2.69. The average Bonchev–Trinajstić information content (AvgIpc) is 2.40. The van der Waals surface area contributed by atoms with Crippen molar-refractivity contribution in [2.45, 2.75) is 11.8 Å². The van der Waals surface area contributed by atoms with Gasteiger partial charge in [-0.2, -0.15) is 0 Å². The van der Waals surface area contributed by atoms with Crippen LogP contribution < -0.4 is 4.31 Å². The van der Waals surface area contributed by atoms with E-state index in [-0.39, 0.29) is 16.5 Å². The van der Waals surface area contributed by atoms with Crippen LogP contribution in [-0.4, -0.2) is 24.9 Å². The Morgan fingerprint density at radius 1 is 1.16 bits per heavy atom. The zero-order valence-electron chi connectivity index (χ0n) is 10.2. The molecule has 0 saturated heterocycles. The molecule has 100 valence electrons. The Hall–Kier alpha value is -1.66. The van der Waals surface area contributed by atoms with Crippen LogP contribution in [0.1, 0.15) is 6.92 Å². The smallest absolute Gasteiger partial charge is 0.266 e. The maximum Gasteiger partial charge on any atom is 0.267 e. The fourth-order valence-electron chi connectivity index (χ4n) is 1.67. The lowest BCUT2D eigenvalue weighted by molar-refractivity contribution is 0.591. The van der Waals surface area contributed by atoms with Crippen LogP contribution in [0.5, 0.6) is 0 Å². The highest BCUT2D eigenvalue weighted by Gasteiger charge is 2.26. The molecule has 0 radical (unpaired) electrons. The monoisotopic (exact) mass is 297 g/mol. The van der Waals surface area contributed by atoms with Gasteiger partial charge in [-0.1, -0.05) is 11.6 Å². The van der Waals surface area contributed by atoms with E-state index in [0.29, 0.717) is 5.69 Å². The molecule has 0 amide bonds. The predicted octanol–water partition coefficient (Wildman–Crippen LogP) is 2.35. The molecule has 2 heterocycles. The van der Waals surface area contributed by atoms with Gasteiger partial charge in [0.15, 0.2) is 0 Å².